The van der Waals surface area contributed by atoms with E-state index >= 15 is 0 Å². The van der Waals surface area contributed by atoms with Gasteiger partial charge in [0.05, 0.1) is 21.7 Å². The third-order valence-corrected chi connectivity index (χ3v) is 9.87. The molecular formula is C28H28ClN3O3S2. The Hall–Kier alpha value is -2.78. The van der Waals surface area contributed by atoms with Gasteiger partial charge in [-0.3, -0.25) is 9.69 Å². The van der Waals surface area contributed by atoms with Gasteiger partial charge in [-0.15, -0.1) is 0 Å². The standard InChI is InChI=1S/C28H28ClN3O3S2/c1-19(2)23-10-6-12-25-26(23)30-28(36-25)31(18-20-8-4-3-5-9-20)27(33)24-11-7-17-32(24)37(34,35)22-15-13-21(29)14-16-22/h3-6,8-10,12-16,19,24H,7,11,17-18H2,1-2H3. The molecule has 3 aromatic carbocycles. The number of para-hydroxylation sites is 1. The van der Waals surface area contributed by atoms with Crippen molar-refractivity contribution in [3.05, 3.63) is 88.9 Å². The highest BCUT2D eigenvalue weighted by atomic mass is 35.5. The number of anilines is 1. The highest BCUT2D eigenvalue weighted by Crippen LogP contribution is 2.36. The molecule has 0 spiro atoms. The van der Waals surface area contributed by atoms with Crippen molar-refractivity contribution in [1.82, 2.24) is 9.29 Å². The lowest BCUT2D eigenvalue weighted by molar-refractivity contribution is -0.121. The Labute approximate surface area is 226 Å². The number of carbonyl (C=O) groups is 1. The minimum absolute atomic E-state index is 0.132. The number of benzene rings is 3. The highest BCUT2D eigenvalue weighted by molar-refractivity contribution is 7.89. The van der Waals surface area contributed by atoms with Crippen molar-refractivity contribution >= 4 is 54.2 Å². The van der Waals surface area contributed by atoms with E-state index in [0.717, 1.165) is 21.3 Å². The molecule has 0 N–H and O–H groups in total. The molecule has 1 aliphatic rings. The molecular weight excluding hydrogens is 526 g/mol. The van der Waals surface area contributed by atoms with Crippen LogP contribution in [0.4, 0.5) is 5.13 Å². The van der Waals surface area contributed by atoms with Gasteiger partial charge in [-0.25, -0.2) is 13.4 Å². The summed E-state index contributed by atoms with van der Waals surface area (Å²) in [5, 5.41) is 1.03. The second-order valence-electron chi connectivity index (χ2n) is 9.48. The van der Waals surface area contributed by atoms with Gasteiger partial charge in [0.25, 0.3) is 0 Å². The van der Waals surface area contributed by atoms with Gasteiger partial charge >= 0.3 is 0 Å². The second kappa shape index (κ2) is 10.5. The van der Waals surface area contributed by atoms with E-state index in [2.05, 4.69) is 19.9 Å². The van der Waals surface area contributed by atoms with Gasteiger partial charge in [0.1, 0.15) is 6.04 Å². The van der Waals surface area contributed by atoms with Crippen LogP contribution >= 0.6 is 22.9 Å². The van der Waals surface area contributed by atoms with Crippen LogP contribution in [-0.4, -0.2) is 36.2 Å². The molecule has 2 heterocycles. The fourth-order valence-corrected chi connectivity index (χ4v) is 7.52. The van der Waals surface area contributed by atoms with Gasteiger partial charge in [-0.2, -0.15) is 4.31 Å². The molecule has 1 atom stereocenters. The zero-order valence-electron chi connectivity index (χ0n) is 20.7. The first-order valence-corrected chi connectivity index (χ1v) is 14.9. The molecule has 1 amide bonds. The zero-order valence-corrected chi connectivity index (χ0v) is 23.1. The van der Waals surface area contributed by atoms with Gasteiger partial charge < -0.3 is 0 Å². The minimum atomic E-state index is -3.87. The summed E-state index contributed by atoms with van der Waals surface area (Å²) < 4.78 is 29.4. The summed E-state index contributed by atoms with van der Waals surface area (Å²) in [6.07, 6.45) is 1.07. The van der Waals surface area contributed by atoms with E-state index in [9.17, 15) is 13.2 Å². The zero-order chi connectivity index (χ0) is 26.2. The molecule has 37 heavy (non-hydrogen) atoms. The van der Waals surface area contributed by atoms with Crippen LogP contribution in [0.5, 0.6) is 0 Å². The summed E-state index contributed by atoms with van der Waals surface area (Å²) in [5.74, 6) is 0.0239. The molecule has 1 aliphatic heterocycles. The number of halogens is 1. The van der Waals surface area contributed by atoms with Crippen LogP contribution in [0.3, 0.4) is 0 Å². The third kappa shape index (κ3) is 5.16. The highest BCUT2D eigenvalue weighted by Gasteiger charge is 2.42. The predicted molar refractivity (Wildman–Crippen MR) is 150 cm³/mol. The Balaban J connectivity index is 1.54. The van der Waals surface area contributed by atoms with Crippen molar-refractivity contribution in [1.29, 1.82) is 0 Å². The quantitative estimate of drug-likeness (QED) is 0.263. The molecule has 4 aromatic rings. The average Bonchev–Trinajstić information content (AvgIpc) is 3.55. The number of carbonyl (C=O) groups excluding carboxylic acids is 1. The smallest absolute Gasteiger partial charge is 0.247 e. The van der Waals surface area contributed by atoms with Crippen LogP contribution in [0.25, 0.3) is 10.2 Å². The number of thiazole rings is 1. The van der Waals surface area contributed by atoms with Crippen LogP contribution in [0.15, 0.2) is 77.7 Å². The Morgan fingerprint density at radius 2 is 1.81 bits per heavy atom. The molecule has 192 valence electrons. The molecule has 1 saturated heterocycles. The number of fused-ring (bicyclic) bond motifs is 1. The Morgan fingerprint density at radius 1 is 1.08 bits per heavy atom. The van der Waals surface area contributed by atoms with Crippen molar-refractivity contribution < 1.29 is 13.2 Å². The van der Waals surface area contributed by atoms with E-state index in [4.69, 9.17) is 16.6 Å². The number of aromatic nitrogens is 1. The fourth-order valence-electron chi connectivity index (χ4n) is 4.74. The van der Waals surface area contributed by atoms with Crippen LogP contribution in [0, 0.1) is 0 Å². The number of hydrogen-bond donors (Lipinski definition) is 0. The number of amides is 1. The van der Waals surface area contributed by atoms with Crippen molar-refractivity contribution in [2.75, 3.05) is 11.4 Å². The molecule has 0 radical (unpaired) electrons. The molecule has 1 aromatic heterocycles. The molecule has 0 saturated carbocycles. The Morgan fingerprint density at radius 3 is 2.51 bits per heavy atom. The number of sulfonamides is 1. The van der Waals surface area contributed by atoms with Crippen LogP contribution in [-0.2, 0) is 21.4 Å². The number of nitrogens with zero attached hydrogens (tertiary/aromatic N) is 3. The Bertz CT molecular complexity index is 1520. The molecule has 1 unspecified atom stereocenters. The summed E-state index contributed by atoms with van der Waals surface area (Å²) in [6, 6.07) is 21.1. The Kier molecular flexibility index (Phi) is 7.36. The largest absolute Gasteiger partial charge is 0.282 e. The fraction of sp³-hybridized carbons (Fsp3) is 0.286. The van der Waals surface area contributed by atoms with Crippen molar-refractivity contribution in [3.8, 4) is 0 Å². The van der Waals surface area contributed by atoms with Gasteiger partial charge in [0.2, 0.25) is 15.9 Å². The van der Waals surface area contributed by atoms with E-state index in [1.54, 1.807) is 17.0 Å². The summed E-state index contributed by atoms with van der Waals surface area (Å²) in [5.41, 5.74) is 2.96. The number of rotatable bonds is 7. The maximum atomic E-state index is 14.2. The van der Waals surface area contributed by atoms with E-state index in [1.165, 1.54) is 27.8 Å². The van der Waals surface area contributed by atoms with Gasteiger partial charge in [-0.05, 0) is 60.2 Å². The van der Waals surface area contributed by atoms with E-state index in [0.29, 0.717) is 29.5 Å². The first-order chi connectivity index (χ1) is 17.8. The lowest BCUT2D eigenvalue weighted by atomic mass is 10.0. The van der Waals surface area contributed by atoms with Gasteiger partial charge in [0, 0.05) is 11.6 Å². The first kappa shape index (κ1) is 25.9. The summed E-state index contributed by atoms with van der Waals surface area (Å²) in [7, 11) is -3.87. The SMILES string of the molecule is CC(C)c1cccc2sc(N(Cc3ccccc3)C(=O)C3CCCN3S(=O)(=O)c3ccc(Cl)cc3)nc12. The minimum Gasteiger partial charge on any atom is -0.282 e. The summed E-state index contributed by atoms with van der Waals surface area (Å²) in [4.78, 5) is 20.9. The topological polar surface area (TPSA) is 70.6 Å². The number of hydrogen-bond acceptors (Lipinski definition) is 5. The van der Waals surface area contributed by atoms with E-state index in [-0.39, 0.29) is 23.3 Å². The van der Waals surface area contributed by atoms with Gasteiger partial charge in [-0.1, -0.05) is 79.2 Å². The van der Waals surface area contributed by atoms with Crippen LogP contribution < -0.4 is 4.90 Å². The first-order valence-electron chi connectivity index (χ1n) is 12.3. The maximum Gasteiger partial charge on any atom is 0.247 e. The molecule has 9 heteroatoms. The van der Waals surface area contributed by atoms with Crippen molar-refractivity contribution in [2.24, 2.45) is 0 Å². The van der Waals surface area contributed by atoms with Crippen molar-refractivity contribution in [3.63, 3.8) is 0 Å². The lowest BCUT2D eigenvalue weighted by Crippen LogP contribution is -2.47. The summed E-state index contributed by atoms with van der Waals surface area (Å²) in [6.45, 7) is 4.84. The third-order valence-electron chi connectivity index (χ3n) is 6.65. The second-order valence-corrected chi connectivity index (χ2v) is 12.8. The molecule has 0 bridgehead atoms. The summed E-state index contributed by atoms with van der Waals surface area (Å²) >= 11 is 7.44. The van der Waals surface area contributed by atoms with Crippen LogP contribution in [0.1, 0.15) is 43.7 Å². The molecule has 1 fully saturated rings. The lowest BCUT2D eigenvalue weighted by Gasteiger charge is -2.28. The van der Waals surface area contributed by atoms with Gasteiger partial charge in [0.15, 0.2) is 5.13 Å². The molecule has 6 nitrogen and oxygen atoms in total. The molecule has 0 aliphatic carbocycles. The van der Waals surface area contributed by atoms with Crippen molar-refractivity contribution in [2.45, 2.75) is 50.1 Å². The predicted octanol–water partition coefficient (Wildman–Crippen LogP) is 6.46. The maximum absolute atomic E-state index is 14.2. The normalized spacial score (nSPS) is 16.5. The average molecular weight is 554 g/mol. The van der Waals surface area contributed by atoms with Crippen LogP contribution in [0.2, 0.25) is 5.02 Å². The molecule has 5 rings (SSSR count). The van der Waals surface area contributed by atoms with E-state index < -0.39 is 16.1 Å². The monoisotopic (exact) mass is 553 g/mol. The van der Waals surface area contributed by atoms with E-state index in [1.807, 2.05) is 42.5 Å².